The molecule has 3 rings (SSSR count). The van der Waals surface area contributed by atoms with Gasteiger partial charge in [-0.15, -0.1) is 0 Å². The number of pyridine rings is 2. The van der Waals surface area contributed by atoms with E-state index in [1.165, 1.54) is 5.56 Å². The van der Waals surface area contributed by atoms with Crippen molar-refractivity contribution >= 4 is 11.7 Å². The van der Waals surface area contributed by atoms with Crippen LogP contribution in [-0.4, -0.2) is 40.4 Å². The first-order valence-corrected chi connectivity index (χ1v) is 8.56. The van der Waals surface area contributed by atoms with Crippen LogP contribution in [0.15, 0.2) is 42.7 Å². The second kappa shape index (κ2) is 8.02. The Morgan fingerprint density at radius 1 is 1.29 bits per heavy atom. The van der Waals surface area contributed by atoms with Crippen molar-refractivity contribution < 1.29 is 4.79 Å². The van der Waals surface area contributed by atoms with E-state index in [0.717, 1.165) is 44.6 Å². The predicted molar refractivity (Wildman–Crippen MR) is 94.7 cm³/mol. The number of aryl methyl sites for hydroxylation is 1. The van der Waals surface area contributed by atoms with Gasteiger partial charge < -0.3 is 10.2 Å². The molecular weight excluding hydrogens is 300 g/mol. The van der Waals surface area contributed by atoms with Gasteiger partial charge in [0.1, 0.15) is 5.82 Å². The molecule has 3 heterocycles. The lowest BCUT2D eigenvalue weighted by Gasteiger charge is -2.31. The molecular formula is C19H24N4O. The molecule has 126 valence electrons. The number of carbonyl (C=O) groups excluding carboxylic acids is 1. The molecule has 2 aromatic heterocycles. The van der Waals surface area contributed by atoms with Gasteiger partial charge in [0, 0.05) is 31.2 Å². The van der Waals surface area contributed by atoms with E-state index in [4.69, 9.17) is 0 Å². The zero-order valence-corrected chi connectivity index (χ0v) is 14.1. The SMILES string of the molecule is Cc1cccc(NC(=O)C2CCCN(CCc3ccncc3)C2)n1. The summed E-state index contributed by atoms with van der Waals surface area (Å²) >= 11 is 0. The van der Waals surface area contributed by atoms with Crippen molar-refractivity contribution in [2.75, 3.05) is 25.0 Å². The fraction of sp³-hybridized carbons (Fsp3) is 0.421. The van der Waals surface area contributed by atoms with E-state index in [2.05, 4.69) is 32.3 Å². The van der Waals surface area contributed by atoms with Crippen molar-refractivity contribution in [1.82, 2.24) is 14.9 Å². The van der Waals surface area contributed by atoms with Crippen molar-refractivity contribution in [3.63, 3.8) is 0 Å². The van der Waals surface area contributed by atoms with Gasteiger partial charge >= 0.3 is 0 Å². The first kappa shape index (κ1) is 16.6. The zero-order chi connectivity index (χ0) is 16.8. The second-order valence-electron chi connectivity index (χ2n) is 6.40. The molecule has 1 aliphatic rings. The molecule has 0 saturated carbocycles. The van der Waals surface area contributed by atoms with Gasteiger partial charge in [-0.1, -0.05) is 6.07 Å². The van der Waals surface area contributed by atoms with Gasteiger partial charge in [0.2, 0.25) is 5.91 Å². The van der Waals surface area contributed by atoms with Gasteiger partial charge in [0.25, 0.3) is 0 Å². The number of nitrogens with zero attached hydrogens (tertiary/aromatic N) is 3. The Hall–Kier alpha value is -2.27. The lowest BCUT2D eigenvalue weighted by Crippen LogP contribution is -2.41. The topological polar surface area (TPSA) is 58.1 Å². The highest BCUT2D eigenvalue weighted by molar-refractivity contribution is 5.91. The lowest BCUT2D eigenvalue weighted by atomic mass is 9.96. The average Bonchev–Trinajstić information content (AvgIpc) is 2.61. The molecule has 5 nitrogen and oxygen atoms in total. The Bertz CT molecular complexity index is 674. The number of hydrogen-bond donors (Lipinski definition) is 1. The minimum absolute atomic E-state index is 0.0403. The molecule has 1 unspecified atom stereocenters. The van der Waals surface area contributed by atoms with Crippen LogP contribution in [0.4, 0.5) is 5.82 Å². The van der Waals surface area contributed by atoms with E-state index in [9.17, 15) is 4.79 Å². The summed E-state index contributed by atoms with van der Waals surface area (Å²) in [5, 5.41) is 2.96. The smallest absolute Gasteiger partial charge is 0.229 e. The van der Waals surface area contributed by atoms with Crippen LogP contribution in [0.3, 0.4) is 0 Å². The molecule has 2 aromatic rings. The summed E-state index contributed by atoms with van der Waals surface area (Å²) in [5.41, 5.74) is 2.20. The third-order valence-corrected chi connectivity index (χ3v) is 4.48. The number of aromatic nitrogens is 2. The van der Waals surface area contributed by atoms with Crippen LogP contribution in [-0.2, 0) is 11.2 Å². The van der Waals surface area contributed by atoms with Crippen LogP contribution >= 0.6 is 0 Å². The van der Waals surface area contributed by atoms with Gasteiger partial charge in [-0.05, 0) is 62.6 Å². The van der Waals surface area contributed by atoms with Gasteiger partial charge in [-0.2, -0.15) is 0 Å². The van der Waals surface area contributed by atoms with Crippen molar-refractivity contribution in [2.24, 2.45) is 5.92 Å². The summed E-state index contributed by atoms with van der Waals surface area (Å²) in [6.45, 7) is 4.80. The normalized spacial score (nSPS) is 18.3. The molecule has 1 fully saturated rings. The third-order valence-electron chi connectivity index (χ3n) is 4.48. The summed E-state index contributed by atoms with van der Waals surface area (Å²) in [6, 6.07) is 9.79. The third kappa shape index (κ3) is 4.61. The molecule has 0 spiro atoms. The number of anilines is 1. The molecule has 1 N–H and O–H groups in total. The second-order valence-corrected chi connectivity index (χ2v) is 6.40. The number of hydrogen-bond acceptors (Lipinski definition) is 4. The number of nitrogens with one attached hydrogen (secondary N) is 1. The summed E-state index contributed by atoms with van der Waals surface area (Å²) in [5.74, 6) is 0.772. The summed E-state index contributed by atoms with van der Waals surface area (Å²) in [6.07, 6.45) is 6.67. The Morgan fingerprint density at radius 3 is 2.92 bits per heavy atom. The van der Waals surface area contributed by atoms with Crippen LogP contribution in [0.5, 0.6) is 0 Å². The molecule has 0 radical (unpaired) electrons. The summed E-state index contributed by atoms with van der Waals surface area (Å²) < 4.78 is 0. The Kier molecular flexibility index (Phi) is 5.54. The largest absolute Gasteiger partial charge is 0.310 e. The maximum absolute atomic E-state index is 12.5. The molecule has 1 atom stereocenters. The standard InChI is InChI=1S/C19H24N4O/c1-15-4-2-6-18(21-15)22-19(24)17-5-3-12-23(14-17)13-9-16-7-10-20-11-8-16/h2,4,6-8,10-11,17H,3,5,9,12-14H2,1H3,(H,21,22,24). The van der Waals surface area contributed by atoms with E-state index in [0.29, 0.717) is 5.82 Å². The number of rotatable bonds is 5. The monoisotopic (exact) mass is 324 g/mol. The van der Waals surface area contributed by atoms with E-state index >= 15 is 0 Å². The van der Waals surface area contributed by atoms with Crippen LogP contribution in [0.25, 0.3) is 0 Å². The minimum atomic E-state index is 0.0403. The number of amides is 1. The zero-order valence-electron chi connectivity index (χ0n) is 14.1. The van der Waals surface area contributed by atoms with Crippen molar-refractivity contribution in [3.8, 4) is 0 Å². The summed E-state index contributed by atoms with van der Waals surface area (Å²) in [7, 11) is 0. The van der Waals surface area contributed by atoms with Crippen molar-refractivity contribution in [1.29, 1.82) is 0 Å². The van der Waals surface area contributed by atoms with E-state index in [1.54, 1.807) is 0 Å². The maximum Gasteiger partial charge on any atom is 0.229 e. The first-order chi connectivity index (χ1) is 11.7. The van der Waals surface area contributed by atoms with Gasteiger partial charge in [0.05, 0.1) is 5.92 Å². The van der Waals surface area contributed by atoms with Crippen LogP contribution in [0.2, 0.25) is 0 Å². The molecule has 1 saturated heterocycles. The molecule has 0 bridgehead atoms. The summed E-state index contributed by atoms with van der Waals surface area (Å²) in [4.78, 5) is 23.3. The molecule has 0 aromatic carbocycles. The van der Waals surface area contributed by atoms with Crippen molar-refractivity contribution in [3.05, 3.63) is 54.0 Å². The Balaban J connectivity index is 1.52. The quantitative estimate of drug-likeness (QED) is 0.919. The number of likely N-dealkylation sites (tertiary alicyclic amines) is 1. The Labute approximate surface area is 143 Å². The van der Waals surface area contributed by atoms with Crippen LogP contribution in [0, 0.1) is 12.8 Å². The average molecular weight is 324 g/mol. The van der Waals surface area contributed by atoms with Gasteiger partial charge in [-0.3, -0.25) is 9.78 Å². The Morgan fingerprint density at radius 2 is 2.12 bits per heavy atom. The molecule has 0 aliphatic carbocycles. The lowest BCUT2D eigenvalue weighted by molar-refractivity contribution is -0.121. The minimum Gasteiger partial charge on any atom is -0.310 e. The van der Waals surface area contributed by atoms with Gasteiger partial charge in [0.15, 0.2) is 0 Å². The fourth-order valence-electron chi connectivity index (χ4n) is 3.15. The van der Waals surface area contributed by atoms with Crippen LogP contribution < -0.4 is 5.32 Å². The fourth-order valence-corrected chi connectivity index (χ4v) is 3.15. The number of piperidine rings is 1. The van der Waals surface area contributed by atoms with Gasteiger partial charge in [-0.25, -0.2) is 4.98 Å². The van der Waals surface area contributed by atoms with Crippen LogP contribution in [0.1, 0.15) is 24.1 Å². The number of carbonyl (C=O) groups is 1. The molecule has 1 aliphatic heterocycles. The van der Waals surface area contributed by atoms with E-state index in [1.807, 2.05) is 37.5 Å². The predicted octanol–water partition coefficient (Wildman–Crippen LogP) is 2.68. The maximum atomic E-state index is 12.5. The highest BCUT2D eigenvalue weighted by Gasteiger charge is 2.25. The highest BCUT2D eigenvalue weighted by Crippen LogP contribution is 2.19. The molecule has 1 amide bonds. The molecule has 5 heteroatoms. The molecule has 24 heavy (non-hydrogen) atoms. The first-order valence-electron chi connectivity index (χ1n) is 8.56. The highest BCUT2D eigenvalue weighted by atomic mass is 16.2. The van der Waals surface area contributed by atoms with E-state index in [-0.39, 0.29) is 11.8 Å². The van der Waals surface area contributed by atoms with E-state index < -0.39 is 0 Å². The van der Waals surface area contributed by atoms with Crippen molar-refractivity contribution in [2.45, 2.75) is 26.2 Å².